The minimum atomic E-state index is -0.504. The molecule has 0 radical (unpaired) electrons. The average Bonchev–Trinajstić information content (AvgIpc) is 2.43. The highest BCUT2D eigenvalue weighted by atomic mass is 79.9. The molecule has 0 atom stereocenters. The van der Waals surface area contributed by atoms with Gasteiger partial charge in [0, 0.05) is 5.69 Å². The van der Waals surface area contributed by atoms with Crippen molar-refractivity contribution in [1.82, 2.24) is 0 Å². The summed E-state index contributed by atoms with van der Waals surface area (Å²) in [6.45, 7) is -0.0879. The summed E-state index contributed by atoms with van der Waals surface area (Å²) in [7, 11) is 0. The predicted octanol–water partition coefficient (Wildman–Crippen LogP) is 3.78. The highest BCUT2D eigenvalue weighted by Gasteiger charge is 2.06. The fourth-order valence-electron chi connectivity index (χ4n) is 1.55. The van der Waals surface area contributed by atoms with E-state index in [1.807, 2.05) is 0 Å². The predicted molar refractivity (Wildman–Crippen MR) is 77.6 cm³/mol. The second-order valence-electron chi connectivity index (χ2n) is 4.01. The summed E-state index contributed by atoms with van der Waals surface area (Å²) in [6.07, 6.45) is 0. The Morgan fingerprint density at radius 1 is 1.10 bits per heavy atom. The van der Waals surface area contributed by atoms with Gasteiger partial charge in [-0.2, -0.15) is 0 Å². The highest BCUT2D eigenvalue weighted by Crippen LogP contribution is 2.19. The second-order valence-corrected chi connectivity index (χ2v) is 4.86. The summed E-state index contributed by atoms with van der Waals surface area (Å²) >= 11 is 3.04. The summed E-state index contributed by atoms with van der Waals surface area (Å²) in [5, 5.41) is 5.18. The van der Waals surface area contributed by atoms with E-state index >= 15 is 0 Å². The number of rotatable bonds is 4. The number of hydrogen-bond acceptors (Lipinski definition) is 2. The lowest BCUT2D eigenvalue weighted by atomic mass is 10.3. The number of hydrogen-bond donors (Lipinski definition) is 2. The van der Waals surface area contributed by atoms with Gasteiger partial charge in [0.15, 0.2) is 0 Å². The van der Waals surface area contributed by atoms with E-state index < -0.39 is 17.5 Å². The number of nitrogens with one attached hydrogen (secondary N) is 2. The molecule has 2 N–H and O–H groups in total. The molecule has 1 amide bonds. The van der Waals surface area contributed by atoms with Gasteiger partial charge in [0.25, 0.3) is 0 Å². The van der Waals surface area contributed by atoms with E-state index in [-0.39, 0.29) is 12.2 Å². The normalized spacial score (nSPS) is 10.2. The molecule has 6 heteroatoms. The molecule has 0 unspecified atom stereocenters. The Kier molecular flexibility index (Phi) is 4.68. The van der Waals surface area contributed by atoms with Crippen LogP contribution in [-0.2, 0) is 4.79 Å². The molecule has 0 fully saturated rings. The van der Waals surface area contributed by atoms with Crippen LogP contribution in [0.1, 0.15) is 0 Å². The summed E-state index contributed by atoms with van der Waals surface area (Å²) < 4.78 is 26.9. The zero-order valence-corrected chi connectivity index (χ0v) is 11.9. The van der Waals surface area contributed by atoms with Crippen LogP contribution < -0.4 is 10.6 Å². The van der Waals surface area contributed by atoms with Gasteiger partial charge in [0.05, 0.1) is 16.7 Å². The summed E-state index contributed by atoms with van der Waals surface area (Å²) in [5.74, 6) is -1.35. The van der Waals surface area contributed by atoms with Crippen LogP contribution in [0.5, 0.6) is 0 Å². The standard InChI is InChI=1S/C14H11BrF2N2O/c15-10-6-5-9(7-12(10)17)18-8-14(20)19-13-4-2-1-3-11(13)16/h1-7,18H,8H2,(H,19,20). The van der Waals surface area contributed by atoms with Crippen molar-refractivity contribution in [2.24, 2.45) is 0 Å². The van der Waals surface area contributed by atoms with Crippen LogP contribution in [0.3, 0.4) is 0 Å². The van der Waals surface area contributed by atoms with Crippen molar-refractivity contribution in [2.45, 2.75) is 0 Å². The maximum absolute atomic E-state index is 13.3. The van der Waals surface area contributed by atoms with E-state index in [1.54, 1.807) is 12.1 Å². The lowest BCUT2D eigenvalue weighted by Crippen LogP contribution is -2.22. The SMILES string of the molecule is O=C(CNc1ccc(Br)c(F)c1)Nc1ccccc1F. The largest absolute Gasteiger partial charge is 0.376 e. The molecule has 0 aliphatic rings. The van der Waals surface area contributed by atoms with Gasteiger partial charge in [0.2, 0.25) is 5.91 Å². The van der Waals surface area contributed by atoms with Crippen LogP contribution in [0.2, 0.25) is 0 Å². The summed E-state index contributed by atoms with van der Waals surface area (Å²) in [4.78, 5) is 11.6. The number of anilines is 2. The third-order valence-corrected chi connectivity index (χ3v) is 3.16. The molecular formula is C14H11BrF2N2O. The van der Waals surface area contributed by atoms with Crippen molar-refractivity contribution in [2.75, 3.05) is 17.2 Å². The van der Waals surface area contributed by atoms with Crippen molar-refractivity contribution >= 4 is 33.2 Å². The van der Waals surface area contributed by atoms with Gasteiger partial charge in [-0.05, 0) is 46.3 Å². The van der Waals surface area contributed by atoms with E-state index in [0.717, 1.165) is 0 Å². The topological polar surface area (TPSA) is 41.1 Å². The van der Waals surface area contributed by atoms with Gasteiger partial charge in [-0.15, -0.1) is 0 Å². The molecule has 2 rings (SSSR count). The highest BCUT2D eigenvalue weighted by molar-refractivity contribution is 9.10. The van der Waals surface area contributed by atoms with Crippen LogP contribution in [0.4, 0.5) is 20.2 Å². The lowest BCUT2D eigenvalue weighted by Gasteiger charge is -2.08. The molecule has 0 heterocycles. The lowest BCUT2D eigenvalue weighted by molar-refractivity contribution is -0.114. The molecule has 0 aliphatic carbocycles. The van der Waals surface area contributed by atoms with E-state index in [2.05, 4.69) is 26.6 Å². The summed E-state index contributed by atoms with van der Waals surface area (Å²) in [6, 6.07) is 10.3. The first-order valence-electron chi connectivity index (χ1n) is 5.79. The minimum absolute atomic E-state index is 0.0879. The summed E-state index contributed by atoms with van der Waals surface area (Å²) in [5.41, 5.74) is 0.579. The Hall–Kier alpha value is -1.95. The van der Waals surface area contributed by atoms with E-state index in [9.17, 15) is 13.6 Å². The quantitative estimate of drug-likeness (QED) is 0.889. The Balaban J connectivity index is 1.92. The van der Waals surface area contributed by atoms with E-state index in [4.69, 9.17) is 0 Å². The van der Waals surface area contributed by atoms with Crippen molar-refractivity contribution in [1.29, 1.82) is 0 Å². The Bertz CT molecular complexity index is 634. The third-order valence-electron chi connectivity index (χ3n) is 2.52. The molecule has 0 spiro atoms. The van der Waals surface area contributed by atoms with Crippen LogP contribution in [-0.4, -0.2) is 12.5 Å². The van der Waals surface area contributed by atoms with Crippen molar-refractivity contribution in [3.8, 4) is 0 Å². The molecule has 0 saturated carbocycles. The fraction of sp³-hybridized carbons (Fsp3) is 0.0714. The number of carbonyl (C=O) groups is 1. The number of carbonyl (C=O) groups excluding carboxylic acids is 1. The van der Waals surface area contributed by atoms with Crippen molar-refractivity contribution in [3.63, 3.8) is 0 Å². The van der Waals surface area contributed by atoms with Gasteiger partial charge in [0.1, 0.15) is 11.6 Å². The third kappa shape index (κ3) is 3.77. The van der Waals surface area contributed by atoms with Crippen molar-refractivity contribution in [3.05, 3.63) is 58.6 Å². The smallest absolute Gasteiger partial charge is 0.243 e. The van der Waals surface area contributed by atoms with Gasteiger partial charge in [-0.1, -0.05) is 12.1 Å². The van der Waals surface area contributed by atoms with Gasteiger partial charge in [-0.25, -0.2) is 8.78 Å². The van der Waals surface area contributed by atoms with E-state index in [1.165, 1.54) is 30.3 Å². The van der Waals surface area contributed by atoms with Crippen LogP contribution in [0.25, 0.3) is 0 Å². The van der Waals surface area contributed by atoms with Crippen molar-refractivity contribution < 1.29 is 13.6 Å². The number of halogens is 3. The molecule has 3 nitrogen and oxygen atoms in total. The molecule has 0 bridgehead atoms. The Morgan fingerprint density at radius 2 is 1.85 bits per heavy atom. The maximum atomic E-state index is 13.3. The Labute approximate surface area is 123 Å². The number of benzene rings is 2. The van der Waals surface area contributed by atoms with Gasteiger partial charge < -0.3 is 10.6 Å². The zero-order chi connectivity index (χ0) is 14.5. The Morgan fingerprint density at radius 3 is 2.55 bits per heavy atom. The first-order chi connectivity index (χ1) is 9.56. The van der Waals surface area contributed by atoms with Crippen LogP contribution in [0, 0.1) is 11.6 Å². The zero-order valence-electron chi connectivity index (χ0n) is 10.3. The monoisotopic (exact) mass is 340 g/mol. The first kappa shape index (κ1) is 14.5. The molecule has 2 aromatic carbocycles. The second kappa shape index (κ2) is 6.47. The van der Waals surface area contributed by atoms with Crippen LogP contribution >= 0.6 is 15.9 Å². The number of amides is 1. The van der Waals surface area contributed by atoms with E-state index in [0.29, 0.717) is 10.2 Å². The average molecular weight is 341 g/mol. The minimum Gasteiger partial charge on any atom is -0.376 e. The molecule has 0 aliphatic heterocycles. The number of para-hydroxylation sites is 1. The molecule has 2 aromatic rings. The van der Waals surface area contributed by atoms with Gasteiger partial charge in [-0.3, -0.25) is 4.79 Å². The molecule has 20 heavy (non-hydrogen) atoms. The molecule has 0 saturated heterocycles. The van der Waals surface area contributed by atoms with Crippen LogP contribution in [0.15, 0.2) is 46.9 Å². The molecular weight excluding hydrogens is 330 g/mol. The first-order valence-corrected chi connectivity index (χ1v) is 6.59. The van der Waals surface area contributed by atoms with Gasteiger partial charge >= 0.3 is 0 Å². The molecule has 104 valence electrons. The maximum Gasteiger partial charge on any atom is 0.243 e. The fourth-order valence-corrected chi connectivity index (χ4v) is 1.79. The molecule has 0 aromatic heterocycles.